The monoisotopic (exact) mass is 168 g/mol. The third-order valence-electron chi connectivity index (χ3n) is 3.50. The van der Waals surface area contributed by atoms with E-state index >= 15 is 0 Å². The molecule has 1 atom stereocenters. The Morgan fingerprint density at radius 2 is 2.25 bits per heavy atom. The lowest BCUT2D eigenvalue weighted by atomic mass is 9.76. The van der Waals surface area contributed by atoms with Crippen LogP contribution in [0.1, 0.15) is 32.1 Å². The highest BCUT2D eigenvalue weighted by atomic mass is 15.2. The lowest BCUT2D eigenvalue weighted by Crippen LogP contribution is -2.44. The second-order valence-electron chi connectivity index (χ2n) is 4.85. The van der Waals surface area contributed by atoms with Crippen molar-refractivity contribution >= 4 is 0 Å². The summed E-state index contributed by atoms with van der Waals surface area (Å²) in [5, 5.41) is 0. The maximum Gasteiger partial charge on any atom is 0.0298 e. The van der Waals surface area contributed by atoms with Crippen LogP contribution in [0.3, 0.4) is 0 Å². The van der Waals surface area contributed by atoms with Gasteiger partial charge >= 0.3 is 0 Å². The smallest absolute Gasteiger partial charge is 0.0298 e. The Kier molecular flexibility index (Phi) is 2.13. The number of rotatable bonds is 2. The first-order valence-corrected chi connectivity index (χ1v) is 5.15. The van der Waals surface area contributed by atoms with Crippen molar-refractivity contribution in [3.8, 4) is 0 Å². The summed E-state index contributed by atoms with van der Waals surface area (Å²) in [4.78, 5) is 2.36. The summed E-state index contributed by atoms with van der Waals surface area (Å²) in [5.74, 6) is 0.960. The first-order valence-electron chi connectivity index (χ1n) is 5.15. The predicted molar refractivity (Wildman–Crippen MR) is 51.0 cm³/mol. The summed E-state index contributed by atoms with van der Waals surface area (Å²) in [6, 6.07) is 0. The molecular weight excluding hydrogens is 148 g/mol. The Morgan fingerprint density at radius 3 is 2.67 bits per heavy atom. The van der Waals surface area contributed by atoms with E-state index in [-0.39, 0.29) is 5.54 Å². The standard InChI is InChI=1S/C10H20N2/c1-12-6-5-10(11,8-12)7-9-3-2-4-9/h9H,2-8,11H2,1H3. The third-order valence-corrected chi connectivity index (χ3v) is 3.50. The van der Waals surface area contributed by atoms with E-state index < -0.39 is 0 Å². The van der Waals surface area contributed by atoms with Crippen LogP contribution in [-0.4, -0.2) is 30.6 Å². The minimum Gasteiger partial charge on any atom is -0.324 e. The highest BCUT2D eigenvalue weighted by Crippen LogP contribution is 2.35. The normalized spacial score (nSPS) is 38.5. The molecule has 1 aliphatic heterocycles. The number of likely N-dealkylation sites (tertiary alicyclic amines) is 1. The van der Waals surface area contributed by atoms with Crippen molar-refractivity contribution in [3.05, 3.63) is 0 Å². The van der Waals surface area contributed by atoms with Crippen molar-refractivity contribution in [1.82, 2.24) is 4.90 Å². The Labute approximate surface area is 75.1 Å². The van der Waals surface area contributed by atoms with E-state index in [0.29, 0.717) is 0 Å². The molecule has 12 heavy (non-hydrogen) atoms. The summed E-state index contributed by atoms with van der Waals surface area (Å²) in [6.45, 7) is 2.31. The molecule has 1 saturated heterocycles. The molecule has 2 nitrogen and oxygen atoms in total. The zero-order valence-corrected chi connectivity index (χ0v) is 8.05. The van der Waals surface area contributed by atoms with E-state index in [9.17, 15) is 0 Å². The summed E-state index contributed by atoms with van der Waals surface area (Å²) in [7, 11) is 2.18. The minimum absolute atomic E-state index is 0.167. The molecule has 0 spiro atoms. The number of nitrogens with zero attached hydrogens (tertiary/aromatic N) is 1. The molecule has 0 bridgehead atoms. The van der Waals surface area contributed by atoms with Crippen LogP contribution in [0.2, 0.25) is 0 Å². The van der Waals surface area contributed by atoms with Gasteiger partial charge in [-0.1, -0.05) is 19.3 Å². The average molecular weight is 168 g/mol. The van der Waals surface area contributed by atoms with Crippen molar-refractivity contribution < 1.29 is 0 Å². The molecule has 1 unspecified atom stereocenters. The van der Waals surface area contributed by atoms with Crippen molar-refractivity contribution in [1.29, 1.82) is 0 Å². The maximum atomic E-state index is 6.32. The molecule has 0 aromatic carbocycles. The van der Waals surface area contributed by atoms with Gasteiger partial charge in [0.15, 0.2) is 0 Å². The van der Waals surface area contributed by atoms with E-state index in [1.807, 2.05) is 0 Å². The highest BCUT2D eigenvalue weighted by Gasteiger charge is 2.36. The highest BCUT2D eigenvalue weighted by molar-refractivity contribution is 4.95. The van der Waals surface area contributed by atoms with Gasteiger partial charge in [-0.2, -0.15) is 0 Å². The zero-order chi connectivity index (χ0) is 8.60. The van der Waals surface area contributed by atoms with Gasteiger partial charge in [0, 0.05) is 12.1 Å². The fraction of sp³-hybridized carbons (Fsp3) is 1.00. The van der Waals surface area contributed by atoms with Gasteiger partial charge in [-0.15, -0.1) is 0 Å². The molecule has 1 saturated carbocycles. The van der Waals surface area contributed by atoms with Gasteiger partial charge in [0.05, 0.1) is 0 Å². The van der Waals surface area contributed by atoms with Gasteiger partial charge in [0.25, 0.3) is 0 Å². The lowest BCUT2D eigenvalue weighted by molar-refractivity contribution is 0.224. The molecule has 1 heterocycles. The summed E-state index contributed by atoms with van der Waals surface area (Å²) in [5.41, 5.74) is 6.48. The summed E-state index contributed by atoms with van der Waals surface area (Å²) < 4.78 is 0. The SMILES string of the molecule is CN1CCC(N)(CC2CCC2)C1. The summed E-state index contributed by atoms with van der Waals surface area (Å²) >= 11 is 0. The van der Waals surface area contributed by atoms with Gasteiger partial charge in [-0.25, -0.2) is 0 Å². The van der Waals surface area contributed by atoms with Gasteiger partial charge in [0.1, 0.15) is 0 Å². The van der Waals surface area contributed by atoms with Crippen LogP contribution >= 0.6 is 0 Å². The van der Waals surface area contributed by atoms with Crippen LogP contribution < -0.4 is 5.73 Å². The van der Waals surface area contributed by atoms with Gasteiger partial charge in [-0.05, 0) is 32.4 Å². The molecule has 2 heteroatoms. The van der Waals surface area contributed by atoms with Crippen LogP contribution in [0.15, 0.2) is 0 Å². The maximum absolute atomic E-state index is 6.32. The second kappa shape index (κ2) is 3.00. The van der Waals surface area contributed by atoms with E-state index in [1.54, 1.807) is 0 Å². The quantitative estimate of drug-likeness (QED) is 0.671. The van der Waals surface area contributed by atoms with Crippen LogP contribution in [0, 0.1) is 5.92 Å². The van der Waals surface area contributed by atoms with Gasteiger partial charge in [0.2, 0.25) is 0 Å². The Balaban J connectivity index is 1.84. The molecule has 0 amide bonds. The Bertz CT molecular complexity index is 165. The number of likely N-dealkylation sites (N-methyl/N-ethyl adjacent to an activating group) is 1. The van der Waals surface area contributed by atoms with Crippen LogP contribution in [0.4, 0.5) is 0 Å². The summed E-state index contributed by atoms with van der Waals surface area (Å²) in [6.07, 6.45) is 6.79. The van der Waals surface area contributed by atoms with Gasteiger partial charge < -0.3 is 10.6 Å². The molecular formula is C10H20N2. The molecule has 0 aromatic rings. The molecule has 70 valence electrons. The van der Waals surface area contributed by atoms with Crippen molar-refractivity contribution in [2.75, 3.05) is 20.1 Å². The van der Waals surface area contributed by atoms with E-state index in [4.69, 9.17) is 5.73 Å². The molecule has 2 N–H and O–H groups in total. The van der Waals surface area contributed by atoms with Crippen LogP contribution in [0.5, 0.6) is 0 Å². The first-order chi connectivity index (χ1) is 5.68. The number of hydrogen-bond acceptors (Lipinski definition) is 2. The minimum atomic E-state index is 0.167. The van der Waals surface area contributed by atoms with E-state index in [0.717, 1.165) is 12.5 Å². The van der Waals surface area contributed by atoms with E-state index in [2.05, 4.69) is 11.9 Å². The predicted octanol–water partition coefficient (Wildman–Crippen LogP) is 1.21. The lowest BCUT2D eigenvalue weighted by Gasteiger charge is -2.34. The van der Waals surface area contributed by atoms with E-state index in [1.165, 1.54) is 38.6 Å². The molecule has 0 radical (unpaired) electrons. The number of hydrogen-bond donors (Lipinski definition) is 1. The fourth-order valence-corrected chi connectivity index (χ4v) is 2.55. The Hall–Kier alpha value is -0.0800. The molecule has 0 aromatic heterocycles. The number of nitrogens with two attached hydrogens (primary N) is 1. The van der Waals surface area contributed by atoms with Gasteiger partial charge in [-0.3, -0.25) is 0 Å². The molecule has 2 aliphatic rings. The molecule has 2 rings (SSSR count). The molecule has 1 aliphatic carbocycles. The van der Waals surface area contributed by atoms with Crippen LogP contribution in [-0.2, 0) is 0 Å². The first kappa shape index (κ1) is 8.52. The Morgan fingerprint density at radius 1 is 1.50 bits per heavy atom. The van der Waals surface area contributed by atoms with Crippen molar-refractivity contribution in [2.45, 2.75) is 37.6 Å². The van der Waals surface area contributed by atoms with Crippen molar-refractivity contribution in [2.24, 2.45) is 11.7 Å². The zero-order valence-electron chi connectivity index (χ0n) is 8.05. The second-order valence-corrected chi connectivity index (χ2v) is 4.85. The third kappa shape index (κ3) is 1.64. The largest absolute Gasteiger partial charge is 0.324 e. The molecule has 2 fully saturated rings. The van der Waals surface area contributed by atoms with Crippen LogP contribution in [0.25, 0.3) is 0 Å². The van der Waals surface area contributed by atoms with Crippen molar-refractivity contribution in [3.63, 3.8) is 0 Å². The topological polar surface area (TPSA) is 29.3 Å². The fourth-order valence-electron chi connectivity index (χ4n) is 2.55. The average Bonchev–Trinajstić information content (AvgIpc) is 2.24.